The molecular weight excluding hydrogens is 1130 g/mol. The van der Waals surface area contributed by atoms with Crippen molar-refractivity contribution in [3.63, 3.8) is 0 Å². The molecule has 0 saturated heterocycles. The molecule has 0 amide bonds. The topological polar surface area (TPSA) is 237 Å². The van der Waals surface area contributed by atoms with Gasteiger partial charge in [-0.1, -0.05) is 252 Å². The summed E-state index contributed by atoms with van der Waals surface area (Å²) in [7, 11) is -9.90. The van der Waals surface area contributed by atoms with Crippen LogP contribution in [0.2, 0.25) is 0 Å². The van der Waals surface area contributed by atoms with Crippen LogP contribution in [0.1, 0.15) is 305 Å². The maximum Gasteiger partial charge on any atom is 0.472 e. The molecule has 0 aromatic heterocycles. The summed E-state index contributed by atoms with van der Waals surface area (Å²) >= 11 is 0. The maximum atomic E-state index is 13.0. The van der Waals surface area contributed by atoms with Gasteiger partial charge in [0.1, 0.15) is 19.3 Å². The Morgan fingerprint density at radius 1 is 0.388 bits per heavy atom. The van der Waals surface area contributed by atoms with Crippen molar-refractivity contribution in [3.05, 3.63) is 24.3 Å². The van der Waals surface area contributed by atoms with E-state index < -0.39 is 97.5 Å². The number of aliphatic hydroxyl groups is 1. The molecule has 6 atom stereocenters. The third kappa shape index (κ3) is 59.0. The minimum absolute atomic E-state index is 0.0842. The number of phosphoric acid groups is 2. The highest BCUT2D eigenvalue weighted by atomic mass is 31.2. The molecule has 0 aromatic carbocycles. The van der Waals surface area contributed by atoms with E-state index in [1.807, 2.05) is 0 Å². The molecule has 0 fully saturated rings. The predicted molar refractivity (Wildman–Crippen MR) is 340 cm³/mol. The number of unbranched alkanes of at least 4 members (excludes halogenated alkanes) is 29. The number of esters is 4. The summed E-state index contributed by atoms with van der Waals surface area (Å²) in [6.07, 6.45) is 44.0. The molecule has 19 heteroatoms. The van der Waals surface area contributed by atoms with Gasteiger partial charge in [-0.15, -0.1) is 0 Å². The van der Waals surface area contributed by atoms with Crippen LogP contribution in [0.3, 0.4) is 0 Å². The summed E-state index contributed by atoms with van der Waals surface area (Å²) < 4.78 is 67.9. The maximum absolute atomic E-state index is 13.0. The average Bonchev–Trinajstić information content (AvgIpc) is 3.53. The normalized spacial score (nSPS) is 14.8. The Hall–Kier alpha value is -2.46. The van der Waals surface area contributed by atoms with E-state index in [9.17, 15) is 43.2 Å². The summed E-state index contributed by atoms with van der Waals surface area (Å²) in [6, 6.07) is 0. The van der Waals surface area contributed by atoms with Crippen molar-refractivity contribution in [1.82, 2.24) is 0 Å². The lowest BCUT2D eigenvalue weighted by molar-refractivity contribution is -0.161. The van der Waals surface area contributed by atoms with Gasteiger partial charge in [0.2, 0.25) is 0 Å². The highest BCUT2D eigenvalue weighted by Crippen LogP contribution is 2.45. The van der Waals surface area contributed by atoms with Crippen LogP contribution in [0, 0.1) is 11.8 Å². The lowest BCUT2D eigenvalue weighted by Crippen LogP contribution is -2.30. The van der Waals surface area contributed by atoms with E-state index in [1.54, 1.807) is 0 Å². The molecule has 17 nitrogen and oxygen atoms in total. The summed E-state index contributed by atoms with van der Waals surface area (Å²) in [4.78, 5) is 72.2. The zero-order valence-electron chi connectivity index (χ0n) is 54.4. The first kappa shape index (κ1) is 82.5. The van der Waals surface area contributed by atoms with Gasteiger partial charge in [0, 0.05) is 25.7 Å². The Bertz CT molecular complexity index is 1760. The zero-order chi connectivity index (χ0) is 62.9. The van der Waals surface area contributed by atoms with Crippen molar-refractivity contribution in [2.45, 2.75) is 323 Å². The van der Waals surface area contributed by atoms with Crippen molar-refractivity contribution in [1.29, 1.82) is 0 Å². The van der Waals surface area contributed by atoms with E-state index in [1.165, 1.54) is 96.3 Å². The first-order chi connectivity index (χ1) is 40.9. The molecule has 500 valence electrons. The highest BCUT2D eigenvalue weighted by Gasteiger charge is 2.30. The van der Waals surface area contributed by atoms with Crippen molar-refractivity contribution >= 4 is 39.5 Å². The SMILES string of the molecule is CCCCCC/C=C\C=C/CCCCCCCC(=O)O[C@H](COC(=O)CCCCCCCCCCC(C)CC)COP(=O)(O)OC[C@@H](O)COP(=O)(O)OC[C@@H](COC(=O)CCCCCCCCC)OC(=O)CCCCCCCCCCC(C)C. The van der Waals surface area contributed by atoms with Crippen LogP contribution in [0.25, 0.3) is 0 Å². The van der Waals surface area contributed by atoms with Crippen molar-refractivity contribution in [2.75, 3.05) is 39.6 Å². The van der Waals surface area contributed by atoms with Gasteiger partial charge < -0.3 is 33.8 Å². The molecule has 0 spiro atoms. The summed E-state index contributed by atoms with van der Waals surface area (Å²) in [5.74, 6) is -0.676. The number of carbonyl (C=O) groups excluding carboxylic acids is 4. The number of rotatable bonds is 63. The summed E-state index contributed by atoms with van der Waals surface area (Å²) in [5, 5.41) is 10.5. The molecule has 0 aliphatic heterocycles. The number of carbonyl (C=O) groups is 4. The second-order valence-corrected chi connectivity index (χ2v) is 26.8. The highest BCUT2D eigenvalue weighted by molar-refractivity contribution is 7.47. The molecule has 0 aliphatic rings. The first-order valence-electron chi connectivity index (χ1n) is 33.8. The predicted octanol–water partition coefficient (Wildman–Crippen LogP) is 18.0. The average molecular weight is 1250 g/mol. The van der Waals surface area contributed by atoms with Gasteiger partial charge in [-0.05, 0) is 63.2 Å². The quantitative estimate of drug-likeness (QED) is 0.0169. The molecule has 3 unspecified atom stereocenters. The van der Waals surface area contributed by atoms with Crippen LogP contribution in [0.4, 0.5) is 0 Å². The van der Waals surface area contributed by atoms with E-state index in [0.717, 1.165) is 127 Å². The summed E-state index contributed by atoms with van der Waals surface area (Å²) in [6.45, 7) is 9.36. The van der Waals surface area contributed by atoms with Crippen LogP contribution in [0.15, 0.2) is 24.3 Å². The molecule has 0 bridgehead atoms. The lowest BCUT2D eigenvalue weighted by atomic mass is 9.99. The van der Waals surface area contributed by atoms with E-state index in [0.29, 0.717) is 25.7 Å². The van der Waals surface area contributed by atoms with Gasteiger partial charge in [0.25, 0.3) is 0 Å². The lowest BCUT2D eigenvalue weighted by Gasteiger charge is -2.21. The molecule has 0 rings (SSSR count). The molecule has 3 N–H and O–H groups in total. The first-order valence-corrected chi connectivity index (χ1v) is 36.8. The fourth-order valence-electron chi connectivity index (χ4n) is 9.31. The molecule has 85 heavy (non-hydrogen) atoms. The second-order valence-electron chi connectivity index (χ2n) is 23.9. The Kier molecular flexibility index (Phi) is 56.3. The number of aliphatic hydroxyl groups excluding tert-OH is 1. The third-order valence-corrected chi connectivity index (χ3v) is 16.8. The van der Waals surface area contributed by atoms with Crippen molar-refractivity contribution < 1.29 is 80.2 Å². The number of hydrogen-bond acceptors (Lipinski definition) is 15. The van der Waals surface area contributed by atoms with Gasteiger partial charge in [0.05, 0.1) is 26.4 Å². The monoisotopic (exact) mass is 1250 g/mol. The minimum Gasteiger partial charge on any atom is -0.462 e. The van der Waals surface area contributed by atoms with Gasteiger partial charge in [-0.25, -0.2) is 9.13 Å². The minimum atomic E-state index is -4.96. The van der Waals surface area contributed by atoms with Gasteiger partial charge >= 0.3 is 39.5 Å². The fraction of sp³-hybridized carbons (Fsp3) is 0.879. The number of allylic oxidation sites excluding steroid dienone is 4. The molecule has 0 aliphatic carbocycles. The smallest absolute Gasteiger partial charge is 0.462 e. The number of ether oxygens (including phenoxy) is 4. The zero-order valence-corrected chi connectivity index (χ0v) is 56.2. The Morgan fingerprint density at radius 3 is 1.06 bits per heavy atom. The standard InChI is InChI=1S/C66H124O17P2/c1-7-10-12-14-16-17-18-19-20-21-22-23-32-38-44-50-65(70)82-62(55-77-64(69)49-43-37-31-27-25-30-35-41-47-59(6)9-3)57-81-85(74,75)79-53-60(67)52-78-84(72,73)80-56-61(54-76-63(68)48-42-36-28-15-13-11-8-2)83-66(71)51-45-39-33-26-24-29-34-40-46-58(4)5/h17-20,58-62,67H,7-16,21-57H2,1-6H3,(H,72,73)(H,74,75)/b18-17-,20-19-/t59?,60-,61+,62+/m0/s1. The second kappa shape index (κ2) is 57.9. The number of hydrogen-bond donors (Lipinski definition) is 3. The van der Waals surface area contributed by atoms with E-state index in [2.05, 4.69) is 65.8 Å². The molecule has 0 aromatic rings. The fourth-order valence-corrected chi connectivity index (χ4v) is 10.9. The van der Waals surface area contributed by atoms with Crippen LogP contribution in [-0.2, 0) is 65.4 Å². The third-order valence-electron chi connectivity index (χ3n) is 14.9. The molecule has 0 heterocycles. The van der Waals surface area contributed by atoms with Crippen molar-refractivity contribution in [3.8, 4) is 0 Å². The van der Waals surface area contributed by atoms with E-state index in [4.69, 9.17) is 37.0 Å². The Balaban J connectivity index is 5.27. The van der Waals surface area contributed by atoms with Gasteiger partial charge in [-0.3, -0.25) is 37.3 Å². The van der Waals surface area contributed by atoms with E-state index in [-0.39, 0.29) is 25.7 Å². The van der Waals surface area contributed by atoms with Crippen LogP contribution in [0.5, 0.6) is 0 Å². The van der Waals surface area contributed by atoms with Crippen LogP contribution in [-0.4, -0.2) is 96.7 Å². The molecular formula is C66H124O17P2. The van der Waals surface area contributed by atoms with E-state index >= 15 is 0 Å². The molecule has 0 saturated carbocycles. The largest absolute Gasteiger partial charge is 0.472 e. The van der Waals surface area contributed by atoms with Crippen molar-refractivity contribution in [2.24, 2.45) is 11.8 Å². The summed E-state index contributed by atoms with van der Waals surface area (Å²) in [5.41, 5.74) is 0. The Morgan fingerprint density at radius 2 is 0.694 bits per heavy atom. The Labute approximate surface area is 516 Å². The van der Waals surface area contributed by atoms with Gasteiger partial charge in [0.15, 0.2) is 12.2 Å². The molecule has 0 radical (unpaired) electrons. The van der Waals surface area contributed by atoms with Crippen LogP contribution < -0.4 is 0 Å². The van der Waals surface area contributed by atoms with Crippen LogP contribution >= 0.6 is 15.6 Å². The number of phosphoric ester groups is 2. The van der Waals surface area contributed by atoms with Gasteiger partial charge in [-0.2, -0.15) is 0 Å².